The fourth-order valence-corrected chi connectivity index (χ4v) is 2.27. The second-order valence-corrected chi connectivity index (χ2v) is 4.76. The van der Waals surface area contributed by atoms with Crippen molar-refractivity contribution in [3.8, 4) is 0 Å². The summed E-state index contributed by atoms with van der Waals surface area (Å²) in [7, 11) is 1.98. The molecule has 0 fully saturated rings. The van der Waals surface area contributed by atoms with Gasteiger partial charge in [-0.3, -0.25) is 0 Å². The third-order valence-electron chi connectivity index (χ3n) is 2.40. The minimum Gasteiger partial charge on any atom is -0.330 e. The lowest BCUT2D eigenvalue weighted by Gasteiger charge is -2.15. The summed E-state index contributed by atoms with van der Waals surface area (Å²) < 4.78 is 0. The molecule has 1 aromatic carbocycles. The van der Waals surface area contributed by atoms with Crippen molar-refractivity contribution in [3.63, 3.8) is 0 Å². The highest BCUT2D eigenvalue weighted by atomic mass is 32.2. The van der Waals surface area contributed by atoms with E-state index < -0.39 is 0 Å². The third-order valence-corrected chi connectivity index (χ3v) is 3.29. The van der Waals surface area contributed by atoms with Gasteiger partial charge in [0.1, 0.15) is 0 Å². The maximum atomic E-state index is 5.58. The molecular weight excluding hydrogens is 204 g/mol. The number of nitrogens with one attached hydrogen (secondary N) is 1. The zero-order valence-electron chi connectivity index (χ0n) is 9.49. The van der Waals surface area contributed by atoms with Gasteiger partial charge in [0.15, 0.2) is 0 Å². The molecule has 0 aliphatic rings. The van der Waals surface area contributed by atoms with E-state index in [0.29, 0.717) is 6.04 Å². The molecule has 0 aliphatic carbocycles. The van der Waals surface area contributed by atoms with Crippen LogP contribution in [0.4, 0.5) is 0 Å². The lowest BCUT2D eigenvalue weighted by atomic mass is 10.0. The minimum absolute atomic E-state index is 0.385. The average Bonchev–Trinajstić information content (AvgIpc) is 2.28. The van der Waals surface area contributed by atoms with Gasteiger partial charge in [-0.05, 0) is 43.5 Å². The van der Waals surface area contributed by atoms with Crippen molar-refractivity contribution in [2.45, 2.75) is 24.3 Å². The molecule has 0 bridgehead atoms. The summed E-state index contributed by atoms with van der Waals surface area (Å²) in [6.07, 6.45) is 0.983. The van der Waals surface area contributed by atoms with Gasteiger partial charge in [0.25, 0.3) is 0 Å². The van der Waals surface area contributed by atoms with Gasteiger partial charge in [0.05, 0.1) is 0 Å². The highest BCUT2D eigenvalue weighted by Gasteiger charge is 2.07. The molecule has 0 aromatic heterocycles. The van der Waals surface area contributed by atoms with E-state index in [1.165, 1.54) is 10.5 Å². The van der Waals surface area contributed by atoms with Crippen molar-refractivity contribution < 1.29 is 0 Å². The van der Waals surface area contributed by atoms with Crippen molar-refractivity contribution in [1.82, 2.24) is 5.32 Å². The van der Waals surface area contributed by atoms with E-state index in [1.807, 2.05) is 18.8 Å². The molecule has 0 heterocycles. The van der Waals surface area contributed by atoms with E-state index in [4.69, 9.17) is 5.73 Å². The summed E-state index contributed by atoms with van der Waals surface area (Å²) in [6.45, 7) is 2.89. The number of hydrogen-bond donors (Lipinski definition) is 2. The molecule has 84 valence electrons. The summed E-state index contributed by atoms with van der Waals surface area (Å²) in [6, 6.07) is 9.13. The van der Waals surface area contributed by atoms with Gasteiger partial charge in [0.2, 0.25) is 0 Å². The van der Waals surface area contributed by atoms with E-state index >= 15 is 0 Å². The molecule has 0 saturated carbocycles. The van der Waals surface area contributed by atoms with Crippen LogP contribution in [0.1, 0.15) is 24.9 Å². The smallest absolute Gasteiger partial charge is 0.0329 e. The van der Waals surface area contributed by atoms with Crippen molar-refractivity contribution >= 4 is 11.8 Å². The first-order chi connectivity index (χ1) is 7.31. The quantitative estimate of drug-likeness (QED) is 0.729. The Morgan fingerprint density at radius 3 is 2.47 bits per heavy atom. The predicted molar refractivity (Wildman–Crippen MR) is 68.3 cm³/mol. The van der Waals surface area contributed by atoms with Crippen LogP contribution in [0.3, 0.4) is 0 Å². The lowest BCUT2D eigenvalue weighted by Crippen LogP contribution is -2.19. The van der Waals surface area contributed by atoms with E-state index in [1.54, 1.807) is 0 Å². The molecule has 1 rings (SSSR count). The fourth-order valence-electron chi connectivity index (χ4n) is 1.61. The Morgan fingerprint density at radius 1 is 1.33 bits per heavy atom. The summed E-state index contributed by atoms with van der Waals surface area (Å²) in [4.78, 5) is 1.34. The normalized spacial score (nSPS) is 12.7. The zero-order valence-corrected chi connectivity index (χ0v) is 10.3. The van der Waals surface area contributed by atoms with Crippen molar-refractivity contribution in [1.29, 1.82) is 0 Å². The Balaban J connectivity index is 2.68. The molecular formula is C12H20N2S. The zero-order chi connectivity index (χ0) is 11.1. The molecule has 0 amide bonds. The van der Waals surface area contributed by atoms with Crippen LogP contribution >= 0.6 is 11.8 Å². The van der Waals surface area contributed by atoms with Crippen molar-refractivity contribution in [3.05, 3.63) is 29.8 Å². The van der Waals surface area contributed by atoms with Gasteiger partial charge in [-0.2, -0.15) is 0 Å². The molecule has 0 saturated heterocycles. The molecule has 3 N–H and O–H groups in total. The second-order valence-electron chi connectivity index (χ2n) is 3.42. The van der Waals surface area contributed by atoms with Crippen LogP contribution in [0.2, 0.25) is 0 Å². The highest BCUT2D eigenvalue weighted by Crippen LogP contribution is 2.21. The molecule has 1 atom stereocenters. The fraction of sp³-hybridized carbons (Fsp3) is 0.500. The van der Waals surface area contributed by atoms with Gasteiger partial charge in [-0.25, -0.2) is 0 Å². The highest BCUT2D eigenvalue weighted by molar-refractivity contribution is 7.99. The molecule has 0 radical (unpaired) electrons. The number of rotatable bonds is 6. The summed E-state index contributed by atoms with van der Waals surface area (Å²) in [5, 5.41) is 3.28. The van der Waals surface area contributed by atoms with Crippen LogP contribution in [0.25, 0.3) is 0 Å². The van der Waals surface area contributed by atoms with Gasteiger partial charge in [-0.1, -0.05) is 19.1 Å². The third kappa shape index (κ3) is 3.86. The first-order valence-corrected chi connectivity index (χ1v) is 6.40. The Kier molecular flexibility index (Phi) is 5.76. The summed E-state index contributed by atoms with van der Waals surface area (Å²) >= 11 is 1.87. The summed E-state index contributed by atoms with van der Waals surface area (Å²) in [5.41, 5.74) is 6.90. The number of nitrogens with two attached hydrogens (primary N) is 1. The topological polar surface area (TPSA) is 38.0 Å². The predicted octanol–water partition coefficient (Wildman–Crippen LogP) is 2.41. The monoisotopic (exact) mass is 224 g/mol. The number of hydrogen-bond acceptors (Lipinski definition) is 3. The molecule has 3 heteroatoms. The SMILES string of the molecule is CCSc1ccc(C(CCN)NC)cc1. The maximum absolute atomic E-state index is 5.58. The van der Waals surface area contributed by atoms with E-state index in [9.17, 15) is 0 Å². The van der Waals surface area contributed by atoms with Gasteiger partial charge in [-0.15, -0.1) is 11.8 Å². The lowest BCUT2D eigenvalue weighted by molar-refractivity contribution is 0.556. The molecule has 0 aliphatic heterocycles. The standard InChI is InChI=1S/C12H20N2S/c1-3-15-11-6-4-10(5-7-11)12(14-2)8-9-13/h4-7,12,14H,3,8-9,13H2,1-2H3. The minimum atomic E-state index is 0.385. The second kappa shape index (κ2) is 6.88. The van der Waals surface area contributed by atoms with Crippen LogP contribution < -0.4 is 11.1 Å². The largest absolute Gasteiger partial charge is 0.330 e. The maximum Gasteiger partial charge on any atom is 0.0329 e. The Morgan fingerprint density at radius 2 is 2.00 bits per heavy atom. The Bertz CT molecular complexity index is 271. The van der Waals surface area contributed by atoms with Gasteiger partial charge >= 0.3 is 0 Å². The average molecular weight is 224 g/mol. The first kappa shape index (κ1) is 12.6. The molecule has 1 aromatic rings. The molecule has 1 unspecified atom stereocenters. The Labute approximate surface area is 96.6 Å². The van der Waals surface area contributed by atoms with Crippen LogP contribution in [0.15, 0.2) is 29.2 Å². The van der Waals surface area contributed by atoms with Gasteiger partial charge in [0, 0.05) is 10.9 Å². The van der Waals surface area contributed by atoms with Gasteiger partial charge < -0.3 is 11.1 Å². The molecule has 15 heavy (non-hydrogen) atoms. The van der Waals surface area contributed by atoms with Crippen LogP contribution in [-0.2, 0) is 0 Å². The summed E-state index contributed by atoms with van der Waals surface area (Å²) in [5.74, 6) is 1.12. The van der Waals surface area contributed by atoms with Crippen LogP contribution in [0, 0.1) is 0 Å². The molecule has 0 spiro atoms. The van der Waals surface area contributed by atoms with E-state index in [2.05, 4.69) is 36.5 Å². The van der Waals surface area contributed by atoms with Crippen LogP contribution in [-0.4, -0.2) is 19.3 Å². The molecule has 2 nitrogen and oxygen atoms in total. The first-order valence-electron chi connectivity index (χ1n) is 5.42. The van der Waals surface area contributed by atoms with Crippen molar-refractivity contribution in [2.24, 2.45) is 5.73 Å². The number of thioether (sulfide) groups is 1. The van der Waals surface area contributed by atoms with Crippen LogP contribution in [0.5, 0.6) is 0 Å². The van der Waals surface area contributed by atoms with E-state index in [0.717, 1.165) is 18.7 Å². The Hall–Kier alpha value is -0.510. The van der Waals surface area contributed by atoms with E-state index in [-0.39, 0.29) is 0 Å². The number of benzene rings is 1. The van der Waals surface area contributed by atoms with Crippen molar-refractivity contribution in [2.75, 3.05) is 19.3 Å².